The average molecular weight is 315 g/mol. The van der Waals surface area contributed by atoms with Crippen molar-refractivity contribution >= 4 is 11.9 Å². The molecule has 0 aliphatic carbocycles. The number of pyridine rings is 1. The zero-order valence-corrected chi connectivity index (χ0v) is 12.6. The molecule has 0 bridgehead atoms. The van der Waals surface area contributed by atoms with E-state index in [-0.39, 0.29) is 18.0 Å². The lowest BCUT2D eigenvalue weighted by Crippen LogP contribution is -2.30. The van der Waals surface area contributed by atoms with Crippen molar-refractivity contribution in [2.24, 2.45) is 5.73 Å². The van der Waals surface area contributed by atoms with E-state index in [1.165, 1.54) is 19.4 Å². The Hall–Kier alpha value is -2.93. The lowest BCUT2D eigenvalue weighted by Gasteiger charge is -2.08. The third-order valence-corrected chi connectivity index (χ3v) is 3.23. The van der Waals surface area contributed by atoms with E-state index < -0.39 is 11.9 Å². The molecule has 1 aromatic heterocycles. The summed E-state index contributed by atoms with van der Waals surface area (Å²) in [4.78, 5) is 26.8. The quantitative estimate of drug-likeness (QED) is 0.704. The number of hydrogen-bond acceptors (Lipinski definition) is 6. The van der Waals surface area contributed by atoms with Gasteiger partial charge in [-0.25, -0.2) is 4.98 Å². The number of carbonyl (C=O) groups is 2. The number of aromatic nitrogens is 1. The standard InChI is InChI=1S/C16H17N3O4/c1-23-14(21)9-19-16(22)15-13(20)6-12(8-18-15)11-4-2-10(7-17)3-5-11/h2-6,8,20H,7,9,17H2,1H3,(H,19,22). The molecule has 4 N–H and O–H groups in total. The molecule has 120 valence electrons. The largest absolute Gasteiger partial charge is 0.505 e. The Kier molecular flexibility index (Phi) is 5.27. The Morgan fingerprint density at radius 1 is 1.26 bits per heavy atom. The fraction of sp³-hybridized carbons (Fsp3) is 0.188. The predicted molar refractivity (Wildman–Crippen MR) is 83.6 cm³/mol. The normalized spacial score (nSPS) is 10.2. The number of ether oxygens (including phenoxy) is 1. The molecular weight excluding hydrogens is 298 g/mol. The zero-order chi connectivity index (χ0) is 16.8. The molecule has 0 saturated heterocycles. The van der Waals surface area contributed by atoms with Gasteiger partial charge in [-0.3, -0.25) is 9.59 Å². The van der Waals surface area contributed by atoms with Gasteiger partial charge in [0.25, 0.3) is 5.91 Å². The van der Waals surface area contributed by atoms with Crippen LogP contribution in [0.1, 0.15) is 16.1 Å². The lowest BCUT2D eigenvalue weighted by molar-refractivity contribution is -0.139. The van der Waals surface area contributed by atoms with Gasteiger partial charge in [-0.15, -0.1) is 0 Å². The van der Waals surface area contributed by atoms with Gasteiger partial charge in [-0.1, -0.05) is 24.3 Å². The molecule has 0 unspecified atom stereocenters. The number of rotatable bonds is 5. The van der Waals surface area contributed by atoms with Crippen molar-refractivity contribution in [1.82, 2.24) is 10.3 Å². The van der Waals surface area contributed by atoms with Crippen molar-refractivity contribution in [3.8, 4) is 16.9 Å². The molecule has 0 fully saturated rings. The molecular formula is C16H17N3O4. The lowest BCUT2D eigenvalue weighted by atomic mass is 10.0. The van der Waals surface area contributed by atoms with E-state index >= 15 is 0 Å². The van der Waals surface area contributed by atoms with Gasteiger partial charge < -0.3 is 20.9 Å². The number of nitrogens with two attached hydrogens (primary N) is 1. The van der Waals surface area contributed by atoms with Gasteiger partial charge in [0, 0.05) is 18.3 Å². The minimum absolute atomic E-state index is 0.156. The number of aromatic hydroxyl groups is 1. The van der Waals surface area contributed by atoms with Crippen molar-refractivity contribution in [3.05, 3.63) is 47.8 Å². The van der Waals surface area contributed by atoms with E-state index in [4.69, 9.17) is 5.73 Å². The monoisotopic (exact) mass is 315 g/mol. The molecule has 0 saturated carbocycles. The van der Waals surface area contributed by atoms with E-state index in [0.29, 0.717) is 12.1 Å². The van der Waals surface area contributed by atoms with Crippen LogP contribution in [0.3, 0.4) is 0 Å². The Labute approximate surface area is 133 Å². The summed E-state index contributed by atoms with van der Waals surface area (Å²) in [6.45, 7) is 0.155. The first-order valence-corrected chi connectivity index (χ1v) is 6.88. The van der Waals surface area contributed by atoms with E-state index in [2.05, 4.69) is 15.0 Å². The number of esters is 1. The third-order valence-electron chi connectivity index (χ3n) is 3.23. The van der Waals surface area contributed by atoms with Gasteiger partial charge in [-0.05, 0) is 17.2 Å². The average Bonchev–Trinajstić information content (AvgIpc) is 2.59. The van der Waals surface area contributed by atoms with Crippen molar-refractivity contribution in [3.63, 3.8) is 0 Å². The number of hydrogen-bond donors (Lipinski definition) is 3. The molecule has 1 amide bonds. The number of nitrogens with zero attached hydrogens (tertiary/aromatic N) is 1. The Bertz CT molecular complexity index is 714. The second-order valence-corrected chi connectivity index (χ2v) is 4.75. The van der Waals surface area contributed by atoms with E-state index in [0.717, 1.165) is 11.1 Å². The third kappa shape index (κ3) is 4.04. The predicted octanol–water partition coefficient (Wildman–Crippen LogP) is 0.816. The Morgan fingerprint density at radius 3 is 2.52 bits per heavy atom. The van der Waals surface area contributed by atoms with Crippen LogP contribution in [-0.2, 0) is 16.1 Å². The van der Waals surface area contributed by atoms with Crippen molar-refractivity contribution in [1.29, 1.82) is 0 Å². The minimum Gasteiger partial charge on any atom is -0.505 e. The van der Waals surface area contributed by atoms with Gasteiger partial charge in [-0.2, -0.15) is 0 Å². The molecule has 2 rings (SSSR count). The van der Waals surface area contributed by atoms with Gasteiger partial charge in [0.05, 0.1) is 7.11 Å². The highest BCUT2D eigenvalue weighted by atomic mass is 16.5. The molecule has 2 aromatic rings. The second-order valence-electron chi connectivity index (χ2n) is 4.75. The van der Waals surface area contributed by atoms with Crippen LogP contribution in [0, 0.1) is 0 Å². The summed E-state index contributed by atoms with van der Waals surface area (Å²) in [6.07, 6.45) is 1.48. The molecule has 0 aliphatic heterocycles. The summed E-state index contributed by atoms with van der Waals surface area (Å²) in [5.74, 6) is -1.51. The maximum atomic E-state index is 11.9. The molecule has 7 heteroatoms. The van der Waals surface area contributed by atoms with Crippen LogP contribution in [0.5, 0.6) is 5.75 Å². The van der Waals surface area contributed by atoms with Gasteiger partial charge in [0.2, 0.25) is 0 Å². The molecule has 0 atom stereocenters. The van der Waals surface area contributed by atoms with Crippen molar-refractivity contribution in [2.45, 2.75) is 6.54 Å². The van der Waals surface area contributed by atoms with Crippen LogP contribution in [0.2, 0.25) is 0 Å². The SMILES string of the molecule is COC(=O)CNC(=O)c1ncc(-c2ccc(CN)cc2)cc1O. The summed E-state index contributed by atoms with van der Waals surface area (Å²) in [7, 11) is 1.22. The van der Waals surface area contributed by atoms with Crippen molar-refractivity contribution in [2.75, 3.05) is 13.7 Å². The van der Waals surface area contributed by atoms with Crippen LogP contribution in [0.25, 0.3) is 11.1 Å². The van der Waals surface area contributed by atoms with Crippen LogP contribution >= 0.6 is 0 Å². The van der Waals surface area contributed by atoms with Crippen LogP contribution in [0.15, 0.2) is 36.5 Å². The van der Waals surface area contributed by atoms with Gasteiger partial charge >= 0.3 is 5.97 Å². The molecule has 23 heavy (non-hydrogen) atoms. The van der Waals surface area contributed by atoms with Crippen LogP contribution in [-0.4, -0.2) is 35.6 Å². The van der Waals surface area contributed by atoms with Gasteiger partial charge in [0.15, 0.2) is 5.69 Å². The number of nitrogens with one attached hydrogen (secondary N) is 1. The molecule has 7 nitrogen and oxygen atoms in total. The molecule has 0 spiro atoms. The smallest absolute Gasteiger partial charge is 0.325 e. The number of methoxy groups -OCH3 is 1. The highest BCUT2D eigenvalue weighted by Crippen LogP contribution is 2.25. The fourth-order valence-corrected chi connectivity index (χ4v) is 1.93. The van der Waals surface area contributed by atoms with E-state index in [1.54, 1.807) is 0 Å². The first-order valence-electron chi connectivity index (χ1n) is 6.88. The van der Waals surface area contributed by atoms with Crippen molar-refractivity contribution < 1.29 is 19.4 Å². The molecule has 1 aromatic carbocycles. The summed E-state index contributed by atoms with van der Waals surface area (Å²) in [6, 6.07) is 8.91. The van der Waals surface area contributed by atoms with E-state index in [9.17, 15) is 14.7 Å². The summed E-state index contributed by atoms with van der Waals surface area (Å²) in [5.41, 5.74) is 7.88. The number of amides is 1. The first kappa shape index (κ1) is 16.4. The maximum absolute atomic E-state index is 11.9. The molecule has 1 heterocycles. The Balaban J connectivity index is 2.16. The van der Waals surface area contributed by atoms with Crippen LogP contribution in [0.4, 0.5) is 0 Å². The van der Waals surface area contributed by atoms with Crippen LogP contribution < -0.4 is 11.1 Å². The van der Waals surface area contributed by atoms with E-state index in [1.807, 2.05) is 24.3 Å². The second kappa shape index (κ2) is 7.37. The maximum Gasteiger partial charge on any atom is 0.325 e. The summed E-state index contributed by atoms with van der Waals surface area (Å²) < 4.78 is 4.42. The number of benzene rings is 1. The highest BCUT2D eigenvalue weighted by Gasteiger charge is 2.15. The zero-order valence-electron chi connectivity index (χ0n) is 12.6. The first-order chi connectivity index (χ1) is 11.0. The topological polar surface area (TPSA) is 115 Å². The number of carbonyl (C=O) groups excluding carboxylic acids is 2. The summed E-state index contributed by atoms with van der Waals surface area (Å²) in [5, 5.41) is 12.3. The fourth-order valence-electron chi connectivity index (χ4n) is 1.93. The summed E-state index contributed by atoms with van der Waals surface area (Å²) >= 11 is 0. The molecule has 0 aliphatic rings. The van der Waals surface area contributed by atoms with Gasteiger partial charge in [0.1, 0.15) is 12.3 Å². The Morgan fingerprint density at radius 2 is 1.96 bits per heavy atom. The minimum atomic E-state index is -0.655. The molecule has 0 radical (unpaired) electrons. The highest BCUT2D eigenvalue weighted by molar-refractivity contribution is 5.96.